The van der Waals surface area contributed by atoms with E-state index in [2.05, 4.69) is 10.3 Å². The fourth-order valence-corrected chi connectivity index (χ4v) is 5.62. The molecule has 202 valence electrons. The van der Waals surface area contributed by atoms with Crippen LogP contribution < -0.4 is 11.1 Å². The summed E-state index contributed by atoms with van der Waals surface area (Å²) in [4.78, 5) is 16.2. The lowest BCUT2D eigenvalue weighted by atomic mass is 10.0. The molecule has 3 rings (SSSR count). The number of nitrogens with zero attached hydrogens (tertiary/aromatic N) is 2. The van der Waals surface area contributed by atoms with Gasteiger partial charge in [0.25, 0.3) is 0 Å². The fourth-order valence-electron chi connectivity index (χ4n) is 3.45. The number of nitrogen functional groups attached to an aromatic ring is 1. The molecule has 0 aliphatic heterocycles. The van der Waals surface area contributed by atoms with Crippen molar-refractivity contribution in [2.45, 2.75) is 63.5 Å². The molecule has 0 saturated heterocycles. The Kier molecular flexibility index (Phi) is 5.88. The minimum Gasteiger partial charge on any atom is -0.444 e. The van der Waals surface area contributed by atoms with E-state index in [1.54, 1.807) is 51.1 Å². The van der Waals surface area contributed by atoms with E-state index in [0.29, 0.717) is 11.1 Å². The molecular weight excluding hydrogens is 512 g/mol. The molecule has 0 unspecified atom stereocenters. The van der Waals surface area contributed by atoms with Gasteiger partial charge in [0.15, 0.2) is 5.13 Å². The highest BCUT2D eigenvalue weighted by atomic mass is 32.2. The van der Waals surface area contributed by atoms with Crippen molar-refractivity contribution in [2.24, 2.45) is 5.89 Å². The third kappa shape index (κ3) is 8.13. The second-order valence-corrected chi connectivity index (χ2v) is 12.1. The number of fused-ring (bicyclic) bond motifs is 1. The van der Waals surface area contributed by atoms with Gasteiger partial charge in [-0.2, -0.15) is 4.31 Å². The highest BCUT2D eigenvalue weighted by Gasteiger charge is 2.32. The number of benzene rings is 2. The number of aliphatic hydroxyl groups excluding tert-OH is 1. The first-order valence-electron chi connectivity index (χ1n) is 15.7. The standard InChI is InChI=1S/C26H36N4O5S2/c1-17(2)15-30(37(33,34)19-11-12-20-23(14-19)36-24(27)28-20)16-22(31)21(13-18-9-7-6-8-10-18)29-25(32)35-26(3,4)5/h6-12,14,17,21-22,31H,13,15-16H2,1-5H3,(H2,27,28)(H,29,32)/t21-,22+/m0/s1/i1D3,2D3,15D2,17D. The second kappa shape index (κ2) is 11.8. The van der Waals surface area contributed by atoms with Crippen LogP contribution in [0.3, 0.4) is 0 Å². The quantitative estimate of drug-likeness (QED) is 0.343. The van der Waals surface area contributed by atoms with Gasteiger partial charge in [0.05, 0.1) is 27.3 Å². The molecule has 4 N–H and O–H groups in total. The van der Waals surface area contributed by atoms with Crippen LogP contribution in [-0.4, -0.2) is 59.7 Å². The highest BCUT2D eigenvalue weighted by molar-refractivity contribution is 7.89. The first-order chi connectivity index (χ1) is 20.8. The summed E-state index contributed by atoms with van der Waals surface area (Å²) in [5.41, 5.74) is 5.63. The van der Waals surface area contributed by atoms with Gasteiger partial charge in [-0.1, -0.05) is 55.4 Å². The molecule has 0 aliphatic rings. The number of anilines is 1. The minimum atomic E-state index is -5.23. The number of thiazole rings is 1. The average molecular weight is 558 g/mol. The van der Waals surface area contributed by atoms with Crippen molar-refractivity contribution in [2.75, 3.05) is 18.8 Å². The maximum atomic E-state index is 14.2. The number of ether oxygens (including phenoxy) is 1. The van der Waals surface area contributed by atoms with Crippen molar-refractivity contribution < 1.29 is 35.4 Å². The Morgan fingerprint density at radius 3 is 2.65 bits per heavy atom. The zero-order valence-electron chi connectivity index (χ0n) is 29.6. The zero-order valence-corrected chi connectivity index (χ0v) is 22.2. The molecule has 1 heterocycles. The van der Waals surface area contributed by atoms with E-state index in [9.17, 15) is 18.3 Å². The van der Waals surface area contributed by atoms with Gasteiger partial charge in [-0.3, -0.25) is 0 Å². The van der Waals surface area contributed by atoms with Crippen molar-refractivity contribution in [3.05, 3.63) is 54.1 Å². The topological polar surface area (TPSA) is 135 Å². The van der Waals surface area contributed by atoms with Crippen LogP contribution in [-0.2, 0) is 21.2 Å². The Hall–Kier alpha value is -2.73. The molecule has 0 bridgehead atoms. The number of carbonyl (C=O) groups excluding carboxylic acids is 1. The number of amides is 1. The van der Waals surface area contributed by atoms with Crippen LogP contribution in [0.15, 0.2) is 53.4 Å². The summed E-state index contributed by atoms with van der Waals surface area (Å²) >= 11 is 0.909. The third-order valence-electron chi connectivity index (χ3n) is 5.02. The van der Waals surface area contributed by atoms with Crippen LogP contribution in [0.5, 0.6) is 0 Å². The predicted molar refractivity (Wildman–Crippen MR) is 147 cm³/mol. The van der Waals surface area contributed by atoms with E-state index in [-0.39, 0.29) is 20.6 Å². The maximum absolute atomic E-state index is 14.2. The SMILES string of the molecule is [2H]C([2H])([2H])C([2H])(C([2H])([2H])[2H])C([2H])([2H])N(C[C@@H](O)[C@H](Cc1ccccc1)NC(=O)OC(C)(C)C)S(=O)(=O)c1ccc2nc(N)sc2c1. The van der Waals surface area contributed by atoms with E-state index < -0.39 is 71.4 Å². The molecule has 0 saturated carbocycles. The maximum Gasteiger partial charge on any atom is 0.407 e. The lowest BCUT2D eigenvalue weighted by Gasteiger charge is -2.31. The zero-order chi connectivity index (χ0) is 35.1. The Morgan fingerprint density at radius 2 is 2.00 bits per heavy atom. The van der Waals surface area contributed by atoms with E-state index in [4.69, 9.17) is 22.8 Å². The second-order valence-electron chi connectivity index (χ2n) is 9.21. The largest absolute Gasteiger partial charge is 0.444 e. The Labute approximate surface area is 235 Å². The summed E-state index contributed by atoms with van der Waals surface area (Å²) < 4.78 is 107. The van der Waals surface area contributed by atoms with Gasteiger partial charge < -0.3 is 20.9 Å². The molecule has 0 spiro atoms. The number of alkyl carbamates (subject to hydrolysis) is 1. The number of sulfonamides is 1. The molecule has 11 heteroatoms. The van der Waals surface area contributed by atoms with Crippen LogP contribution in [0.4, 0.5) is 9.93 Å². The summed E-state index contributed by atoms with van der Waals surface area (Å²) in [5.74, 6) is -4.05. The molecule has 0 radical (unpaired) electrons. The minimum absolute atomic E-state index is 0.0964. The van der Waals surface area contributed by atoms with E-state index in [1.807, 2.05) is 0 Å². The first kappa shape index (κ1) is 18.5. The van der Waals surface area contributed by atoms with Gasteiger partial charge >= 0.3 is 6.09 Å². The van der Waals surface area contributed by atoms with Gasteiger partial charge in [0.1, 0.15) is 5.60 Å². The Morgan fingerprint density at radius 1 is 1.30 bits per heavy atom. The van der Waals surface area contributed by atoms with Crippen LogP contribution in [0.25, 0.3) is 10.2 Å². The van der Waals surface area contributed by atoms with Gasteiger partial charge in [0, 0.05) is 25.4 Å². The van der Waals surface area contributed by atoms with Crippen molar-refractivity contribution in [1.29, 1.82) is 0 Å². The van der Waals surface area contributed by atoms with E-state index in [0.717, 1.165) is 23.5 Å². The van der Waals surface area contributed by atoms with Gasteiger partial charge in [0.2, 0.25) is 10.0 Å². The van der Waals surface area contributed by atoms with Crippen LogP contribution in [0, 0.1) is 5.89 Å². The van der Waals surface area contributed by atoms with Crippen LogP contribution >= 0.6 is 11.3 Å². The van der Waals surface area contributed by atoms with Crippen LogP contribution in [0.1, 0.15) is 52.4 Å². The molecule has 0 aliphatic carbocycles. The predicted octanol–water partition coefficient (Wildman–Crippen LogP) is 4.02. The molecular formula is C26H36N4O5S2. The summed E-state index contributed by atoms with van der Waals surface area (Å²) in [6.07, 6.45) is -3.12. The molecule has 2 aromatic carbocycles. The molecule has 3 aromatic rings. The molecule has 1 aromatic heterocycles. The van der Waals surface area contributed by atoms with E-state index >= 15 is 0 Å². The lowest BCUT2D eigenvalue weighted by molar-refractivity contribution is 0.0400. The number of nitrogens with two attached hydrogens (primary N) is 1. The van der Waals surface area contributed by atoms with Gasteiger partial charge in [-0.05, 0) is 56.8 Å². The van der Waals surface area contributed by atoms with Crippen molar-refractivity contribution in [1.82, 2.24) is 14.6 Å². The molecule has 2 atom stereocenters. The summed E-state index contributed by atoms with van der Waals surface area (Å²) in [6.45, 7) is -8.31. The number of aromatic nitrogens is 1. The van der Waals surface area contributed by atoms with Crippen molar-refractivity contribution >= 4 is 42.8 Å². The number of aliphatic hydroxyl groups is 1. The number of hydrogen-bond donors (Lipinski definition) is 3. The smallest absolute Gasteiger partial charge is 0.407 e. The fraction of sp³-hybridized carbons (Fsp3) is 0.462. The first-order valence-corrected chi connectivity index (χ1v) is 13.5. The average Bonchev–Trinajstić information content (AvgIpc) is 3.28. The molecule has 37 heavy (non-hydrogen) atoms. The molecule has 1 amide bonds. The summed E-state index contributed by atoms with van der Waals surface area (Å²) in [7, 11) is -5.23. The van der Waals surface area contributed by atoms with Crippen molar-refractivity contribution in [3.63, 3.8) is 0 Å². The summed E-state index contributed by atoms with van der Waals surface area (Å²) in [5, 5.41) is 14.0. The number of rotatable bonds is 10. The number of hydrogen-bond acceptors (Lipinski definition) is 8. The Balaban J connectivity index is 2.21. The van der Waals surface area contributed by atoms with E-state index in [1.165, 1.54) is 6.07 Å². The van der Waals surface area contributed by atoms with Crippen molar-refractivity contribution in [3.8, 4) is 0 Å². The van der Waals surface area contributed by atoms with Crippen LogP contribution in [0.2, 0.25) is 0 Å². The van der Waals surface area contributed by atoms with Gasteiger partial charge in [-0.25, -0.2) is 18.2 Å². The molecule has 9 nitrogen and oxygen atoms in total. The third-order valence-corrected chi connectivity index (χ3v) is 7.54. The summed E-state index contributed by atoms with van der Waals surface area (Å²) in [6, 6.07) is 10.4. The normalized spacial score (nSPS) is 19.1. The number of carbonyl (C=O) groups is 1. The monoisotopic (exact) mass is 557 g/mol. The lowest BCUT2D eigenvalue weighted by Crippen LogP contribution is -2.51. The number of nitrogens with one attached hydrogen (secondary N) is 1. The molecule has 0 fully saturated rings. The van der Waals surface area contributed by atoms with Gasteiger partial charge in [-0.15, -0.1) is 0 Å². The Bertz CT molecular complexity index is 1630. The highest BCUT2D eigenvalue weighted by Crippen LogP contribution is 2.28.